The van der Waals surface area contributed by atoms with Crippen molar-refractivity contribution in [2.75, 3.05) is 31.3 Å². The Balaban J connectivity index is 1.31. The maximum absolute atomic E-state index is 13.8. The number of benzene rings is 3. The first kappa shape index (κ1) is 25.2. The standard InChI is InChI=1S/C29H29N7O4/c1-39-22-9-6-19(7-10-22)17-35-27(31-13-14-34-24-5-3-2-4-23(24)32-26(34)30)33-28(37)36(29(35)38)18-20-8-11-25-21(16-20)12-15-40-25/h2-11,16H,12-15,17-18H2,1H3,(H2,30,32)(H,31,33,37). The Morgan fingerprint density at radius 3 is 2.55 bits per heavy atom. The van der Waals surface area contributed by atoms with Crippen molar-refractivity contribution in [2.24, 2.45) is 0 Å². The molecule has 3 heterocycles. The summed E-state index contributed by atoms with van der Waals surface area (Å²) in [5.74, 6) is 2.13. The van der Waals surface area contributed by atoms with Gasteiger partial charge in [-0.2, -0.15) is 4.98 Å². The van der Waals surface area contributed by atoms with Gasteiger partial charge in [-0.3, -0.25) is 4.57 Å². The number of imidazole rings is 1. The number of hydrogen-bond acceptors (Lipinski definition) is 8. The Morgan fingerprint density at radius 2 is 1.73 bits per heavy atom. The van der Waals surface area contributed by atoms with E-state index in [9.17, 15) is 9.59 Å². The van der Waals surface area contributed by atoms with Crippen LogP contribution < -0.4 is 31.9 Å². The van der Waals surface area contributed by atoms with E-state index in [-0.39, 0.29) is 19.0 Å². The van der Waals surface area contributed by atoms with E-state index in [1.54, 1.807) is 7.11 Å². The SMILES string of the molecule is COc1ccc(Cn2c(NCCn3c(N)nc4ccccc43)nc(=O)n(Cc3ccc4c(c3)CCO4)c2=O)cc1. The van der Waals surface area contributed by atoms with Gasteiger partial charge in [0, 0.05) is 19.5 Å². The van der Waals surface area contributed by atoms with E-state index in [0.29, 0.717) is 31.4 Å². The zero-order chi connectivity index (χ0) is 27.6. The van der Waals surface area contributed by atoms with Gasteiger partial charge >= 0.3 is 11.4 Å². The third kappa shape index (κ3) is 4.89. The Hall–Kier alpha value is -5.06. The number of nitrogens with two attached hydrogens (primary N) is 1. The first-order valence-electron chi connectivity index (χ1n) is 13.0. The van der Waals surface area contributed by atoms with Crippen LogP contribution in [0, 0.1) is 0 Å². The van der Waals surface area contributed by atoms with Gasteiger partial charge in [0.25, 0.3) is 0 Å². The molecule has 11 nitrogen and oxygen atoms in total. The van der Waals surface area contributed by atoms with Gasteiger partial charge in [0.2, 0.25) is 11.9 Å². The molecule has 3 aromatic carbocycles. The quantitative estimate of drug-likeness (QED) is 0.292. The monoisotopic (exact) mass is 539 g/mol. The molecule has 204 valence electrons. The minimum Gasteiger partial charge on any atom is -0.497 e. The van der Waals surface area contributed by atoms with Crippen LogP contribution in [-0.4, -0.2) is 43.9 Å². The molecule has 0 fully saturated rings. The van der Waals surface area contributed by atoms with E-state index in [1.807, 2.05) is 71.3 Å². The fraction of sp³-hybridized carbons (Fsp3) is 0.241. The fourth-order valence-corrected chi connectivity index (χ4v) is 4.99. The lowest BCUT2D eigenvalue weighted by Crippen LogP contribution is -2.43. The van der Waals surface area contributed by atoms with Crippen molar-refractivity contribution in [3.8, 4) is 11.5 Å². The van der Waals surface area contributed by atoms with E-state index in [4.69, 9.17) is 15.2 Å². The van der Waals surface area contributed by atoms with Crippen LogP contribution in [0.1, 0.15) is 16.7 Å². The Kier molecular flexibility index (Phi) is 6.69. The summed E-state index contributed by atoms with van der Waals surface area (Å²) in [6, 6.07) is 20.8. The van der Waals surface area contributed by atoms with Gasteiger partial charge in [0.1, 0.15) is 11.5 Å². The van der Waals surface area contributed by atoms with Gasteiger partial charge < -0.3 is 25.1 Å². The van der Waals surface area contributed by atoms with Crippen LogP contribution in [0.25, 0.3) is 11.0 Å². The number of fused-ring (bicyclic) bond motifs is 2. The highest BCUT2D eigenvalue weighted by molar-refractivity contribution is 5.78. The van der Waals surface area contributed by atoms with E-state index in [2.05, 4.69) is 15.3 Å². The largest absolute Gasteiger partial charge is 0.497 e. The zero-order valence-corrected chi connectivity index (χ0v) is 22.0. The van der Waals surface area contributed by atoms with Crippen molar-refractivity contribution in [1.82, 2.24) is 23.7 Å². The highest BCUT2D eigenvalue weighted by Crippen LogP contribution is 2.26. The normalized spacial score (nSPS) is 12.3. The number of nitrogen functional groups attached to an aromatic ring is 1. The molecule has 3 N–H and O–H groups in total. The first-order chi connectivity index (χ1) is 19.5. The number of para-hydroxylation sites is 2. The number of methoxy groups -OCH3 is 1. The smallest absolute Gasteiger partial charge is 0.355 e. The summed E-state index contributed by atoms with van der Waals surface area (Å²) in [7, 11) is 1.60. The topological polar surface area (TPSA) is 131 Å². The molecule has 1 aliphatic heterocycles. The van der Waals surface area contributed by atoms with E-state index in [1.165, 1.54) is 4.57 Å². The third-order valence-electron chi connectivity index (χ3n) is 7.05. The Labute approximate surface area is 229 Å². The van der Waals surface area contributed by atoms with Gasteiger partial charge in [-0.25, -0.2) is 19.1 Å². The lowest BCUT2D eigenvalue weighted by molar-refractivity contribution is 0.357. The van der Waals surface area contributed by atoms with Gasteiger partial charge in [0.15, 0.2) is 0 Å². The summed E-state index contributed by atoms with van der Waals surface area (Å²) in [4.78, 5) is 35.6. The predicted molar refractivity (Wildman–Crippen MR) is 152 cm³/mol. The van der Waals surface area contributed by atoms with Crippen molar-refractivity contribution in [3.05, 3.63) is 104 Å². The summed E-state index contributed by atoms with van der Waals surface area (Å²) < 4.78 is 15.4. The van der Waals surface area contributed by atoms with Crippen LogP contribution in [-0.2, 0) is 26.1 Å². The van der Waals surface area contributed by atoms with Crippen molar-refractivity contribution < 1.29 is 9.47 Å². The number of anilines is 2. The molecule has 1 aliphatic rings. The second-order valence-electron chi connectivity index (χ2n) is 9.60. The lowest BCUT2D eigenvalue weighted by Gasteiger charge is -2.16. The summed E-state index contributed by atoms with van der Waals surface area (Å²) >= 11 is 0. The van der Waals surface area contributed by atoms with Crippen LogP contribution in [0.5, 0.6) is 11.5 Å². The molecule has 0 bridgehead atoms. The van der Waals surface area contributed by atoms with E-state index < -0.39 is 11.4 Å². The van der Waals surface area contributed by atoms with Crippen molar-refractivity contribution in [3.63, 3.8) is 0 Å². The van der Waals surface area contributed by atoms with Crippen LogP contribution in [0.15, 0.2) is 76.3 Å². The summed E-state index contributed by atoms with van der Waals surface area (Å²) in [5.41, 5.74) is 9.54. The number of aromatic nitrogens is 5. The van der Waals surface area contributed by atoms with Crippen LogP contribution in [0.2, 0.25) is 0 Å². The molecule has 2 aromatic heterocycles. The maximum Gasteiger partial charge on any atom is 0.355 e. The first-order valence-corrected chi connectivity index (χ1v) is 13.0. The molecular weight excluding hydrogens is 510 g/mol. The minimum absolute atomic E-state index is 0.110. The molecular formula is C29H29N7O4. The fourth-order valence-electron chi connectivity index (χ4n) is 4.99. The number of nitrogens with zero attached hydrogens (tertiary/aromatic N) is 5. The van der Waals surface area contributed by atoms with E-state index in [0.717, 1.165) is 44.5 Å². The molecule has 0 radical (unpaired) electrons. The zero-order valence-electron chi connectivity index (χ0n) is 22.0. The van der Waals surface area contributed by atoms with Gasteiger partial charge in [-0.05, 0) is 47.0 Å². The molecule has 0 amide bonds. The Morgan fingerprint density at radius 1 is 0.950 bits per heavy atom. The molecule has 0 atom stereocenters. The highest BCUT2D eigenvalue weighted by atomic mass is 16.5. The second-order valence-corrected chi connectivity index (χ2v) is 9.60. The second kappa shape index (κ2) is 10.6. The molecule has 0 saturated carbocycles. The van der Waals surface area contributed by atoms with Crippen molar-refractivity contribution in [2.45, 2.75) is 26.1 Å². The molecule has 5 aromatic rings. The van der Waals surface area contributed by atoms with Gasteiger partial charge in [0.05, 0.1) is 37.8 Å². The number of rotatable bonds is 9. The average molecular weight is 540 g/mol. The molecule has 0 spiro atoms. The predicted octanol–water partition coefficient (Wildman–Crippen LogP) is 2.49. The average Bonchev–Trinajstić information content (AvgIpc) is 3.56. The van der Waals surface area contributed by atoms with Crippen LogP contribution >= 0.6 is 0 Å². The Bertz CT molecular complexity index is 1800. The number of nitrogens with one attached hydrogen (secondary N) is 1. The summed E-state index contributed by atoms with van der Waals surface area (Å²) in [6.45, 7) is 1.79. The lowest BCUT2D eigenvalue weighted by atomic mass is 10.1. The van der Waals surface area contributed by atoms with Crippen molar-refractivity contribution in [1.29, 1.82) is 0 Å². The summed E-state index contributed by atoms with van der Waals surface area (Å²) in [5, 5.41) is 3.19. The minimum atomic E-state index is -0.622. The molecule has 6 rings (SSSR count). The van der Waals surface area contributed by atoms with Crippen LogP contribution in [0.3, 0.4) is 0 Å². The number of hydrogen-bond donors (Lipinski definition) is 2. The van der Waals surface area contributed by atoms with Gasteiger partial charge in [-0.1, -0.05) is 36.4 Å². The molecule has 11 heteroatoms. The van der Waals surface area contributed by atoms with E-state index >= 15 is 0 Å². The summed E-state index contributed by atoms with van der Waals surface area (Å²) in [6.07, 6.45) is 0.803. The van der Waals surface area contributed by atoms with Gasteiger partial charge in [-0.15, -0.1) is 0 Å². The van der Waals surface area contributed by atoms with Crippen LogP contribution in [0.4, 0.5) is 11.9 Å². The molecule has 0 aliphatic carbocycles. The molecule has 0 saturated heterocycles. The third-order valence-corrected chi connectivity index (χ3v) is 7.05. The number of ether oxygens (including phenoxy) is 2. The van der Waals surface area contributed by atoms with Crippen molar-refractivity contribution >= 4 is 22.9 Å². The highest BCUT2D eigenvalue weighted by Gasteiger charge is 2.17. The molecule has 40 heavy (non-hydrogen) atoms. The maximum atomic E-state index is 13.8. The molecule has 0 unspecified atom stereocenters.